The van der Waals surface area contributed by atoms with Gasteiger partial charge < -0.3 is 15.5 Å². The zero-order chi connectivity index (χ0) is 12.1. The second-order valence-corrected chi connectivity index (χ2v) is 6.03. The van der Waals surface area contributed by atoms with E-state index in [0.29, 0.717) is 0 Å². The second kappa shape index (κ2) is 5.99. The van der Waals surface area contributed by atoms with Crippen LogP contribution in [0.15, 0.2) is 0 Å². The molecule has 0 aliphatic heterocycles. The molecule has 0 bridgehead atoms. The highest BCUT2D eigenvalue weighted by Gasteiger charge is 2.31. The van der Waals surface area contributed by atoms with Crippen LogP contribution in [0.2, 0.25) is 0 Å². The molecule has 0 spiro atoms. The van der Waals surface area contributed by atoms with Gasteiger partial charge in [-0.3, -0.25) is 0 Å². The Labute approximate surface area is 99.3 Å². The van der Waals surface area contributed by atoms with Gasteiger partial charge in [-0.1, -0.05) is 26.7 Å². The Morgan fingerprint density at radius 2 is 1.88 bits per heavy atom. The number of rotatable bonds is 7. The van der Waals surface area contributed by atoms with Crippen LogP contribution in [0.3, 0.4) is 0 Å². The van der Waals surface area contributed by atoms with Crippen LogP contribution in [0.4, 0.5) is 0 Å². The highest BCUT2D eigenvalue weighted by Crippen LogP contribution is 2.29. The zero-order valence-electron chi connectivity index (χ0n) is 10.8. The molecule has 1 saturated carbocycles. The van der Waals surface area contributed by atoms with Crippen LogP contribution in [-0.2, 0) is 0 Å². The van der Waals surface area contributed by atoms with Crippen LogP contribution in [0.1, 0.15) is 52.4 Å². The van der Waals surface area contributed by atoms with E-state index >= 15 is 0 Å². The summed E-state index contributed by atoms with van der Waals surface area (Å²) in [7, 11) is 0. The van der Waals surface area contributed by atoms with Gasteiger partial charge in [-0.15, -0.1) is 0 Å². The molecule has 1 rings (SSSR count). The first-order valence-corrected chi connectivity index (χ1v) is 6.51. The molecule has 0 unspecified atom stereocenters. The highest BCUT2D eigenvalue weighted by molar-refractivity contribution is 4.87. The predicted molar refractivity (Wildman–Crippen MR) is 66.4 cm³/mol. The summed E-state index contributed by atoms with van der Waals surface area (Å²) >= 11 is 0. The third-order valence-electron chi connectivity index (χ3n) is 3.60. The summed E-state index contributed by atoms with van der Waals surface area (Å²) in [6.07, 6.45) is 6.08. The molecule has 3 nitrogen and oxygen atoms in total. The normalized spacial score (nSPS) is 20.2. The van der Waals surface area contributed by atoms with Gasteiger partial charge in [0.2, 0.25) is 0 Å². The number of hydrogen-bond acceptors (Lipinski definition) is 3. The maximum absolute atomic E-state index is 10.2. The molecule has 0 atom stereocenters. The van der Waals surface area contributed by atoms with Crippen molar-refractivity contribution in [2.24, 2.45) is 5.41 Å². The van der Waals surface area contributed by atoms with Crippen molar-refractivity contribution in [3.05, 3.63) is 0 Å². The van der Waals surface area contributed by atoms with E-state index in [4.69, 9.17) is 5.11 Å². The van der Waals surface area contributed by atoms with E-state index in [9.17, 15) is 5.11 Å². The summed E-state index contributed by atoms with van der Waals surface area (Å²) in [5, 5.41) is 22.4. The molecule has 0 amide bonds. The van der Waals surface area contributed by atoms with Gasteiger partial charge in [0.25, 0.3) is 0 Å². The van der Waals surface area contributed by atoms with Gasteiger partial charge in [-0.2, -0.15) is 0 Å². The smallest absolute Gasteiger partial charge is 0.0771 e. The summed E-state index contributed by atoms with van der Waals surface area (Å²) in [6.45, 7) is 6.31. The first-order valence-electron chi connectivity index (χ1n) is 6.51. The number of aliphatic hydroxyl groups is 2. The molecular formula is C13H27NO2. The van der Waals surface area contributed by atoms with Gasteiger partial charge in [0, 0.05) is 19.7 Å². The highest BCUT2D eigenvalue weighted by atomic mass is 16.3. The third kappa shape index (κ3) is 4.81. The van der Waals surface area contributed by atoms with Crippen molar-refractivity contribution in [3.63, 3.8) is 0 Å². The molecule has 96 valence electrons. The summed E-state index contributed by atoms with van der Waals surface area (Å²) in [5.74, 6) is 0. The molecule has 1 aliphatic rings. The Kier molecular flexibility index (Phi) is 5.22. The Bertz CT molecular complexity index is 198. The van der Waals surface area contributed by atoms with Crippen LogP contribution in [-0.4, -0.2) is 35.5 Å². The van der Waals surface area contributed by atoms with Gasteiger partial charge in [-0.05, 0) is 31.1 Å². The van der Waals surface area contributed by atoms with Crippen LogP contribution < -0.4 is 5.32 Å². The van der Waals surface area contributed by atoms with E-state index in [1.54, 1.807) is 0 Å². The second-order valence-electron chi connectivity index (χ2n) is 6.03. The first-order chi connectivity index (χ1) is 7.47. The largest absolute Gasteiger partial charge is 0.396 e. The average Bonchev–Trinajstić information content (AvgIpc) is 2.62. The molecule has 3 heteroatoms. The summed E-state index contributed by atoms with van der Waals surface area (Å²) in [5.41, 5.74) is -0.245. The number of nitrogens with one attached hydrogen (secondary N) is 1. The van der Waals surface area contributed by atoms with E-state index in [1.165, 1.54) is 0 Å². The van der Waals surface area contributed by atoms with Gasteiger partial charge in [0.15, 0.2) is 0 Å². The summed E-state index contributed by atoms with van der Waals surface area (Å²) in [6, 6.07) is 0. The van der Waals surface area contributed by atoms with Crippen molar-refractivity contribution in [3.8, 4) is 0 Å². The Morgan fingerprint density at radius 1 is 1.25 bits per heavy atom. The Balaban J connectivity index is 2.18. The maximum atomic E-state index is 10.2. The summed E-state index contributed by atoms with van der Waals surface area (Å²) in [4.78, 5) is 0. The molecule has 0 heterocycles. The zero-order valence-corrected chi connectivity index (χ0v) is 10.8. The van der Waals surface area contributed by atoms with Crippen LogP contribution in [0.5, 0.6) is 0 Å². The molecule has 1 fully saturated rings. The molecule has 0 aromatic heterocycles. The molecular weight excluding hydrogens is 202 g/mol. The van der Waals surface area contributed by atoms with Crippen LogP contribution >= 0.6 is 0 Å². The molecule has 3 N–H and O–H groups in total. The van der Waals surface area contributed by atoms with Gasteiger partial charge >= 0.3 is 0 Å². The Hall–Kier alpha value is -0.120. The quantitative estimate of drug-likeness (QED) is 0.622. The van der Waals surface area contributed by atoms with Crippen molar-refractivity contribution < 1.29 is 10.2 Å². The lowest BCUT2D eigenvalue weighted by atomic mass is 9.87. The maximum Gasteiger partial charge on any atom is 0.0771 e. The predicted octanol–water partition coefficient (Wildman–Crippen LogP) is 1.68. The van der Waals surface area contributed by atoms with Crippen LogP contribution in [0, 0.1) is 5.41 Å². The number of hydrogen-bond donors (Lipinski definition) is 3. The molecule has 0 aromatic rings. The van der Waals surface area contributed by atoms with Gasteiger partial charge in [0.1, 0.15) is 0 Å². The van der Waals surface area contributed by atoms with Crippen molar-refractivity contribution in [2.75, 3.05) is 19.7 Å². The molecule has 0 saturated heterocycles. The molecule has 0 aromatic carbocycles. The van der Waals surface area contributed by atoms with E-state index in [2.05, 4.69) is 19.2 Å². The molecule has 0 radical (unpaired) electrons. The fraction of sp³-hybridized carbons (Fsp3) is 1.00. The lowest BCUT2D eigenvalue weighted by Crippen LogP contribution is -2.41. The van der Waals surface area contributed by atoms with Gasteiger partial charge in [0.05, 0.1) is 5.60 Å². The van der Waals surface area contributed by atoms with Crippen LogP contribution in [0.25, 0.3) is 0 Å². The SMILES string of the molecule is CC(C)(CCCO)CNCC1(O)CCCC1. The van der Waals surface area contributed by atoms with Crippen molar-refractivity contribution >= 4 is 0 Å². The Morgan fingerprint density at radius 3 is 2.44 bits per heavy atom. The lowest BCUT2D eigenvalue weighted by molar-refractivity contribution is 0.0450. The number of aliphatic hydroxyl groups excluding tert-OH is 1. The minimum absolute atomic E-state index is 0.206. The fourth-order valence-electron chi connectivity index (χ4n) is 2.49. The van der Waals surface area contributed by atoms with Crippen molar-refractivity contribution in [1.29, 1.82) is 0 Å². The lowest BCUT2D eigenvalue weighted by Gasteiger charge is -2.28. The van der Waals surface area contributed by atoms with Crippen molar-refractivity contribution in [2.45, 2.75) is 58.0 Å². The van der Waals surface area contributed by atoms with E-state index < -0.39 is 5.60 Å². The average molecular weight is 229 g/mol. The molecule has 1 aliphatic carbocycles. The monoisotopic (exact) mass is 229 g/mol. The van der Waals surface area contributed by atoms with Crippen molar-refractivity contribution in [1.82, 2.24) is 5.32 Å². The minimum atomic E-state index is -0.451. The molecule has 16 heavy (non-hydrogen) atoms. The minimum Gasteiger partial charge on any atom is -0.396 e. The third-order valence-corrected chi connectivity index (χ3v) is 3.60. The van der Waals surface area contributed by atoms with E-state index in [0.717, 1.165) is 51.6 Å². The van der Waals surface area contributed by atoms with E-state index in [-0.39, 0.29) is 12.0 Å². The fourth-order valence-corrected chi connectivity index (χ4v) is 2.49. The van der Waals surface area contributed by atoms with Gasteiger partial charge in [-0.25, -0.2) is 0 Å². The standard InChI is InChI=1S/C13H27NO2/c1-12(2,6-5-9-15)10-14-11-13(16)7-3-4-8-13/h14-16H,3-11H2,1-2H3. The van der Waals surface area contributed by atoms with E-state index in [1.807, 2.05) is 0 Å². The summed E-state index contributed by atoms with van der Waals surface area (Å²) < 4.78 is 0. The topological polar surface area (TPSA) is 52.5 Å². The first kappa shape index (κ1) is 13.9.